The van der Waals surface area contributed by atoms with E-state index in [4.69, 9.17) is 0 Å². The molecule has 0 bridgehead atoms. The SMILES string of the molecule is CCC1CC1Nc1cc(F)nc(F)n1. The summed E-state index contributed by atoms with van der Waals surface area (Å²) in [4.78, 5) is 6.37. The van der Waals surface area contributed by atoms with Crippen LogP contribution in [0.1, 0.15) is 19.8 Å². The van der Waals surface area contributed by atoms with E-state index in [1.165, 1.54) is 0 Å². The van der Waals surface area contributed by atoms with Crippen molar-refractivity contribution >= 4 is 5.82 Å². The monoisotopic (exact) mass is 199 g/mol. The second-order valence-electron chi connectivity index (χ2n) is 3.50. The van der Waals surface area contributed by atoms with Crippen molar-refractivity contribution in [2.45, 2.75) is 25.8 Å². The summed E-state index contributed by atoms with van der Waals surface area (Å²) in [7, 11) is 0. The summed E-state index contributed by atoms with van der Waals surface area (Å²) < 4.78 is 25.2. The third kappa shape index (κ3) is 1.97. The molecule has 1 aliphatic carbocycles. The summed E-state index contributed by atoms with van der Waals surface area (Å²) in [5, 5.41) is 2.97. The Morgan fingerprint density at radius 2 is 2.29 bits per heavy atom. The summed E-state index contributed by atoms with van der Waals surface area (Å²) in [6.07, 6.45) is 1.10. The molecule has 0 aromatic carbocycles. The van der Waals surface area contributed by atoms with E-state index in [2.05, 4.69) is 22.2 Å². The first-order valence-corrected chi connectivity index (χ1v) is 4.65. The third-order valence-corrected chi connectivity index (χ3v) is 2.45. The normalized spacial score (nSPS) is 24.8. The van der Waals surface area contributed by atoms with Gasteiger partial charge < -0.3 is 5.32 Å². The van der Waals surface area contributed by atoms with Gasteiger partial charge in [0.2, 0.25) is 5.95 Å². The molecule has 1 heterocycles. The van der Waals surface area contributed by atoms with Crippen molar-refractivity contribution < 1.29 is 8.78 Å². The van der Waals surface area contributed by atoms with Crippen molar-refractivity contribution in [3.63, 3.8) is 0 Å². The van der Waals surface area contributed by atoms with Gasteiger partial charge in [-0.1, -0.05) is 13.3 Å². The fraction of sp³-hybridized carbons (Fsp3) is 0.556. The Morgan fingerprint density at radius 3 is 2.86 bits per heavy atom. The van der Waals surface area contributed by atoms with Crippen LogP contribution >= 0.6 is 0 Å². The van der Waals surface area contributed by atoms with Gasteiger partial charge >= 0.3 is 6.08 Å². The van der Waals surface area contributed by atoms with Gasteiger partial charge in [0.15, 0.2) is 0 Å². The molecule has 3 nitrogen and oxygen atoms in total. The van der Waals surface area contributed by atoms with Gasteiger partial charge in [0, 0.05) is 12.1 Å². The predicted molar refractivity (Wildman–Crippen MR) is 47.8 cm³/mol. The molecule has 5 heteroatoms. The molecule has 0 spiro atoms. The van der Waals surface area contributed by atoms with Gasteiger partial charge in [0.1, 0.15) is 5.82 Å². The lowest BCUT2D eigenvalue weighted by molar-refractivity contribution is 0.484. The molecule has 1 aromatic rings. The number of nitrogens with one attached hydrogen (secondary N) is 1. The van der Waals surface area contributed by atoms with Crippen LogP contribution in [0.2, 0.25) is 0 Å². The van der Waals surface area contributed by atoms with E-state index >= 15 is 0 Å². The van der Waals surface area contributed by atoms with Crippen molar-refractivity contribution in [3.05, 3.63) is 18.1 Å². The molecule has 2 atom stereocenters. The average Bonchev–Trinajstić information content (AvgIpc) is 2.81. The summed E-state index contributed by atoms with van der Waals surface area (Å²) in [5.41, 5.74) is 0. The van der Waals surface area contributed by atoms with E-state index in [9.17, 15) is 8.78 Å². The fourth-order valence-electron chi connectivity index (χ4n) is 1.53. The Hall–Kier alpha value is -1.26. The van der Waals surface area contributed by atoms with Gasteiger partial charge in [-0.2, -0.15) is 18.7 Å². The first-order valence-electron chi connectivity index (χ1n) is 4.65. The Bertz CT molecular complexity index is 323. The first kappa shape index (κ1) is 9.30. The number of hydrogen-bond acceptors (Lipinski definition) is 3. The Kier molecular flexibility index (Phi) is 2.31. The zero-order chi connectivity index (χ0) is 10.1. The standard InChI is InChI=1S/C9H11F2N3/c1-2-5-3-6(5)12-8-4-7(10)13-9(11)14-8/h4-6H,2-3H2,1H3,(H,12,13,14). The lowest BCUT2D eigenvalue weighted by Gasteiger charge is -2.03. The maximum Gasteiger partial charge on any atom is 0.313 e. The maximum atomic E-state index is 12.6. The topological polar surface area (TPSA) is 37.8 Å². The van der Waals surface area contributed by atoms with Gasteiger partial charge in [0.25, 0.3) is 0 Å². The summed E-state index contributed by atoms with van der Waals surface area (Å²) >= 11 is 0. The fourth-order valence-corrected chi connectivity index (χ4v) is 1.53. The molecule has 1 saturated carbocycles. The molecule has 0 amide bonds. The van der Waals surface area contributed by atoms with Crippen LogP contribution in [0.15, 0.2) is 6.07 Å². The molecule has 76 valence electrons. The van der Waals surface area contributed by atoms with E-state index in [-0.39, 0.29) is 5.82 Å². The highest BCUT2D eigenvalue weighted by Crippen LogP contribution is 2.35. The van der Waals surface area contributed by atoms with Gasteiger partial charge in [-0.15, -0.1) is 0 Å². The zero-order valence-electron chi connectivity index (χ0n) is 7.80. The van der Waals surface area contributed by atoms with Crippen LogP contribution in [0.3, 0.4) is 0 Å². The molecule has 1 N–H and O–H groups in total. The van der Waals surface area contributed by atoms with Crippen molar-refractivity contribution in [1.82, 2.24) is 9.97 Å². The Balaban J connectivity index is 2.03. The lowest BCUT2D eigenvalue weighted by Crippen LogP contribution is -2.08. The summed E-state index contributed by atoms with van der Waals surface area (Å²) in [6, 6.07) is 1.42. The molecule has 2 unspecified atom stereocenters. The van der Waals surface area contributed by atoms with Crippen molar-refractivity contribution in [1.29, 1.82) is 0 Å². The van der Waals surface area contributed by atoms with E-state index < -0.39 is 12.0 Å². The van der Waals surface area contributed by atoms with E-state index in [1.54, 1.807) is 0 Å². The number of hydrogen-bond donors (Lipinski definition) is 1. The van der Waals surface area contributed by atoms with Gasteiger partial charge in [-0.05, 0) is 12.3 Å². The molecule has 0 saturated heterocycles. The second kappa shape index (κ2) is 3.48. The van der Waals surface area contributed by atoms with Gasteiger partial charge in [-0.3, -0.25) is 0 Å². The number of aromatic nitrogens is 2. The first-order chi connectivity index (χ1) is 6.69. The number of halogens is 2. The minimum Gasteiger partial charge on any atom is -0.367 e. The van der Waals surface area contributed by atoms with E-state index in [1.807, 2.05) is 0 Å². The quantitative estimate of drug-likeness (QED) is 0.597. The second-order valence-corrected chi connectivity index (χ2v) is 3.50. The minimum absolute atomic E-state index is 0.232. The third-order valence-electron chi connectivity index (χ3n) is 2.45. The highest BCUT2D eigenvalue weighted by molar-refractivity contribution is 5.36. The Morgan fingerprint density at radius 1 is 1.50 bits per heavy atom. The molecule has 2 rings (SSSR count). The Labute approximate surface area is 80.6 Å². The van der Waals surface area contributed by atoms with Gasteiger partial charge in [0.05, 0.1) is 0 Å². The van der Waals surface area contributed by atoms with Crippen LogP contribution in [0.5, 0.6) is 0 Å². The molecule has 0 radical (unpaired) electrons. The van der Waals surface area contributed by atoms with Crippen LogP contribution in [-0.2, 0) is 0 Å². The van der Waals surface area contributed by atoms with Crippen molar-refractivity contribution in [2.24, 2.45) is 5.92 Å². The molecule has 1 aliphatic rings. The highest BCUT2D eigenvalue weighted by Gasteiger charge is 2.35. The van der Waals surface area contributed by atoms with Crippen LogP contribution in [0.4, 0.5) is 14.6 Å². The van der Waals surface area contributed by atoms with Crippen LogP contribution in [-0.4, -0.2) is 16.0 Å². The zero-order valence-corrected chi connectivity index (χ0v) is 7.80. The number of nitrogens with zero attached hydrogens (tertiary/aromatic N) is 2. The van der Waals surface area contributed by atoms with E-state index in [0.29, 0.717) is 12.0 Å². The number of rotatable bonds is 3. The average molecular weight is 199 g/mol. The van der Waals surface area contributed by atoms with Crippen molar-refractivity contribution in [3.8, 4) is 0 Å². The maximum absolute atomic E-state index is 12.6. The summed E-state index contributed by atoms with van der Waals surface area (Å²) in [5.74, 6) is 0.000682. The lowest BCUT2D eigenvalue weighted by atomic mass is 10.3. The number of anilines is 1. The van der Waals surface area contributed by atoms with Crippen LogP contribution < -0.4 is 5.32 Å². The molecule has 1 aromatic heterocycles. The van der Waals surface area contributed by atoms with Crippen LogP contribution in [0, 0.1) is 17.9 Å². The highest BCUT2D eigenvalue weighted by atomic mass is 19.1. The predicted octanol–water partition coefficient (Wildman–Crippen LogP) is 1.97. The van der Waals surface area contributed by atoms with Crippen molar-refractivity contribution in [2.75, 3.05) is 5.32 Å². The van der Waals surface area contributed by atoms with Gasteiger partial charge in [-0.25, -0.2) is 0 Å². The molecule has 14 heavy (non-hydrogen) atoms. The largest absolute Gasteiger partial charge is 0.367 e. The molecular formula is C9H11F2N3. The van der Waals surface area contributed by atoms with E-state index in [0.717, 1.165) is 18.9 Å². The summed E-state index contributed by atoms with van der Waals surface area (Å²) in [6.45, 7) is 2.09. The smallest absolute Gasteiger partial charge is 0.313 e. The van der Waals surface area contributed by atoms with Crippen LogP contribution in [0.25, 0.3) is 0 Å². The minimum atomic E-state index is -1.03. The molecular weight excluding hydrogens is 188 g/mol. The molecule has 1 fully saturated rings. The molecule has 0 aliphatic heterocycles.